The summed E-state index contributed by atoms with van der Waals surface area (Å²) < 4.78 is 46.6. The third-order valence-electron chi connectivity index (χ3n) is 2.66. The zero-order chi connectivity index (χ0) is 15.9. The monoisotopic (exact) mass is 305 g/mol. The van der Waals surface area contributed by atoms with Crippen molar-refractivity contribution in [3.05, 3.63) is 29.8 Å². The second-order valence-electron chi connectivity index (χ2n) is 4.98. The van der Waals surface area contributed by atoms with Crippen LogP contribution in [-0.2, 0) is 4.74 Å². The van der Waals surface area contributed by atoms with Gasteiger partial charge in [0.05, 0.1) is 18.8 Å². The molecule has 120 valence electrons. The molecule has 0 aromatic heterocycles. The molecule has 0 radical (unpaired) electrons. The molecule has 1 N–H and O–H groups in total. The molecule has 0 saturated heterocycles. The van der Waals surface area contributed by atoms with Gasteiger partial charge in [-0.3, -0.25) is 0 Å². The van der Waals surface area contributed by atoms with Crippen molar-refractivity contribution < 1.29 is 22.6 Å². The molecule has 1 atom stereocenters. The van der Waals surface area contributed by atoms with Crippen LogP contribution in [-0.4, -0.2) is 32.0 Å². The van der Waals surface area contributed by atoms with Gasteiger partial charge >= 0.3 is 6.18 Å². The van der Waals surface area contributed by atoms with Crippen molar-refractivity contribution in [3.63, 3.8) is 0 Å². The van der Waals surface area contributed by atoms with E-state index in [2.05, 4.69) is 5.32 Å². The lowest BCUT2D eigenvalue weighted by atomic mass is 10.1. The van der Waals surface area contributed by atoms with Crippen LogP contribution in [0.3, 0.4) is 0 Å². The molecule has 1 aromatic rings. The van der Waals surface area contributed by atoms with E-state index >= 15 is 0 Å². The Balaban J connectivity index is 2.62. The van der Waals surface area contributed by atoms with Gasteiger partial charge in [0.25, 0.3) is 0 Å². The molecule has 0 saturated carbocycles. The third-order valence-corrected chi connectivity index (χ3v) is 2.66. The maximum absolute atomic E-state index is 12.1. The first-order chi connectivity index (χ1) is 9.81. The van der Waals surface area contributed by atoms with E-state index in [4.69, 9.17) is 9.47 Å². The smallest absolute Gasteiger partial charge is 0.411 e. The minimum Gasteiger partial charge on any atom is -0.491 e. The van der Waals surface area contributed by atoms with Gasteiger partial charge in [-0.25, -0.2) is 0 Å². The number of alkyl halides is 3. The highest BCUT2D eigenvalue weighted by Gasteiger charge is 2.28. The fourth-order valence-electron chi connectivity index (χ4n) is 1.86. The molecule has 3 nitrogen and oxygen atoms in total. The molecule has 1 unspecified atom stereocenters. The van der Waals surface area contributed by atoms with E-state index in [1.54, 1.807) is 0 Å². The first-order valence-electron chi connectivity index (χ1n) is 6.96. The van der Waals surface area contributed by atoms with Crippen molar-refractivity contribution in [2.24, 2.45) is 0 Å². The number of ether oxygens (including phenoxy) is 2. The largest absolute Gasteiger partial charge is 0.491 e. The molecule has 1 rings (SSSR count). The minimum absolute atomic E-state index is 0.0300. The van der Waals surface area contributed by atoms with Crippen LogP contribution in [0.4, 0.5) is 13.2 Å². The lowest BCUT2D eigenvalue weighted by molar-refractivity contribution is -0.175. The van der Waals surface area contributed by atoms with E-state index in [9.17, 15) is 13.2 Å². The second-order valence-corrected chi connectivity index (χ2v) is 4.98. The van der Waals surface area contributed by atoms with Gasteiger partial charge in [0.2, 0.25) is 0 Å². The van der Waals surface area contributed by atoms with Crippen LogP contribution >= 0.6 is 0 Å². The Morgan fingerprint density at radius 2 is 1.76 bits per heavy atom. The van der Waals surface area contributed by atoms with Crippen LogP contribution in [0.2, 0.25) is 0 Å². The molecule has 0 heterocycles. The SMILES string of the molecule is CCNC(COCC(F)(F)F)c1ccc(OC(C)C)cc1. The Morgan fingerprint density at radius 3 is 2.24 bits per heavy atom. The number of hydrogen-bond donors (Lipinski definition) is 1. The predicted octanol–water partition coefficient (Wildman–Crippen LogP) is 3.70. The van der Waals surface area contributed by atoms with Crippen LogP contribution in [0.25, 0.3) is 0 Å². The number of hydrogen-bond acceptors (Lipinski definition) is 3. The standard InChI is InChI=1S/C15H22F3NO2/c1-4-19-14(9-20-10-15(16,17)18)12-5-7-13(8-6-12)21-11(2)3/h5-8,11,14,19H,4,9-10H2,1-3H3. The fraction of sp³-hybridized carbons (Fsp3) is 0.600. The summed E-state index contributed by atoms with van der Waals surface area (Å²) >= 11 is 0. The van der Waals surface area contributed by atoms with Crippen molar-refractivity contribution >= 4 is 0 Å². The molecule has 0 amide bonds. The molecule has 0 bridgehead atoms. The van der Waals surface area contributed by atoms with Gasteiger partial charge < -0.3 is 14.8 Å². The molecule has 6 heteroatoms. The van der Waals surface area contributed by atoms with Crippen molar-refractivity contribution in [1.82, 2.24) is 5.32 Å². The quantitative estimate of drug-likeness (QED) is 0.794. The molecule has 0 aliphatic rings. The average Bonchev–Trinajstić information content (AvgIpc) is 2.36. The maximum Gasteiger partial charge on any atom is 0.411 e. The van der Waals surface area contributed by atoms with E-state index in [1.165, 1.54) is 0 Å². The second kappa shape index (κ2) is 8.24. The third kappa shape index (κ3) is 7.34. The van der Waals surface area contributed by atoms with Gasteiger partial charge in [0, 0.05) is 0 Å². The molecule has 0 aliphatic carbocycles. The van der Waals surface area contributed by atoms with Gasteiger partial charge in [-0.05, 0) is 38.1 Å². The molecular formula is C15H22F3NO2. The van der Waals surface area contributed by atoms with Gasteiger partial charge in [0.15, 0.2) is 0 Å². The highest BCUT2D eigenvalue weighted by molar-refractivity contribution is 5.29. The summed E-state index contributed by atoms with van der Waals surface area (Å²) in [5.74, 6) is 0.736. The van der Waals surface area contributed by atoms with Crippen molar-refractivity contribution in [1.29, 1.82) is 0 Å². The lowest BCUT2D eigenvalue weighted by Crippen LogP contribution is -2.28. The Hall–Kier alpha value is -1.27. The van der Waals surface area contributed by atoms with Gasteiger partial charge in [-0.2, -0.15) is 13.2 Å². The van der Waals surface area contributed by atoms with Crippen molar-refractivity contribution in [3.8, 4) is 5.75 Å². The molecule has 0 aliphatic heterocycles. The molecular weight excluding hydrogens is 283 g/mol. The Labute approximate surface area is 123 Å². The Kier molecular flexibility index (Phi) is 6.98. The van der Waals surface area contributed by atoms with Gasteiger partial charge in [-0.1, -0.05) is 19.1 Å². The van der Waals surface area contributed by atoms with Crippen LogP contribution in [0.15, 0.2) is 24.3 Å². The highest BCUT2D eigenvalue weighted by atomic mass is 19.4. The van der Waals surface area contributed by atoms with Crippen molar-refractivity contribution in [2.75, 3.05) is 19.8 Å². The van der Waals surface area contributed by atoms with Crippen LogP contribution in [0.1, 0.15) is 32.4 Å². The predicted molar refractivity (Wildman–Crippen MR) is 75.5 cm³/mol. The van der Waals surface area contributed by atoms with Gasteiger partial charge in [-0.15, -0.1) is 0 Å². The topological polar surface area (TPSA) is 30.5 Å². The number of nitrogens with one attached hydrogen (secondary N) is 1. The number of halogens is 3. The van der Waals surface area contributed by atoms with E-state index in [0.717, 1.165) is 11.3 Å². The van der Waals surface area contributed by atoms with E-state index < -0.39 is 12.8 Å². The Morgan fingerprint density at radius 1 is 1.14 bits per heavy atom. The zero-order valence-corrected chi connectivity index (χ0v) is 12.5. The summed E-state index contributed by atoms with van der Waals surface area (Å²) in [6.07, 6.45) is -4.22. The summed E-state index contributed by atoms with van der Waals surface area (Å²) in [6.45, 7) is 5.14. The fourth-order valence-corrected chi connectivity index (χ4v) is 1.86. The van der Waals surface area contributed by atoms with E-state index in [-0.39, 0.29) is 18.8 Å². The van der Waals surface area contributed by atoms with Crippen LogP contribution in [0, 0.1) is 0 Å². The van der Waals surface area contributed by atoms with Crippen LogP contribution in [0.5, 0.6) is 5.75 Å². The molecule has 0 spiro atoms. The minimum atomic E-state index is -4.30. The first-order valence-corrected chi connectivity index (χ1v) is 6.96. The number of rotatable bonds is 8. The first kappa shape index (κ1) is 17.8. The summed E-state index contributed by atoms with van der Waals surface area (Å²) in [7, 11) is 0. The summed E-state index contributed by atoms with van der Waals surface area (Å²) in [6, 6.07) is 7.02. The van der Waals surface area contributed by atoms with Gasteiger partial charge in [0.1, 0.15) is 12.4 Å². The normalized spacial score (nSPS) is 13.5. The van der Waals surface area contributed by atoms with E-state index in [0.29, 0.717) is 6.54 Å². The molecule has 1 aromatic carbocycles. The van der Waals surface area contributed by atoms with E-state index in [1.807, 2.05) is 45.0 Å². The maximum atomic E-state index is 12.1. The summed E-state index contributed by atoms with van der Waals surface area (Å²) in [5, 5.41) is 3.11. The summed E-state index contributed by atoms with van der Waals surface area (Å²) in [5.41, 5.74) is 0.870. The number of benzene rings is 1. The van der Waals surface area contributed by atoms with Crippen LogP contribution < -0.4 is 10.1 Å². The average molecular weight is 305 g/mol. The summed E-state index contributed by atoms with van der Waals surface area (Å²) in [4.78, 5) is 0. The number of likely N-dealkylation sites (N-methyl/N-ethyl adjacent to an activating group) is 1. The Bertz CT molecular complexity index is 404. The highest BCUT2D eigenvalue weighted by Crippen LogP contribution is 2.20. The lowest BCUT2D eigenvalue weighted by Gasteiger charge is -2.19. The molecule has 0 fully saturated rings. The van der Waals surface area contributed by atoms with Crippen molar-refractivity contribution in [2.45, 2.75) is 39.1 Å². The molecule has 21 heavy (non-hydrogen) atoms. The zero-order valence-electron chi connectivity index (χ0n) is 12.5.